The van der Waals surface area contributed by atoms with Crippen LogP contribution < -0.4 is 5.73 Å². The van der Waals surface area contributed by atoms with Gasteiger partial charge in [0.25, 0.3) is 0 Å². The van der Waals surface area contributed by atoms with Crippen LogP contribution in [0.5, 0.6) is 0 Å². The molecule has 0 saturated heterocycles. The highest BCUT2D eigenvalue weighted by Gasteiger charge is 2.26. The first-order chi connectivity index (χ1) is 7.06. The van der Waals surface area contributed by atoms with Crippen molar-refractivity contribution in [2.75, 3.05) is 7.05 Å². The topological polar surface area (TPSA) is 46.3 Å². The van der Waals surface area contributed by atoms with Crippen LogP contribution in [0, 0.1) is 5.92 Å². The predicted molar refractivity (Wildman–Crippen MR) is 62.5 cm³/mol. The first-order valence-electron chi connectivity index (χ1n) is 6.08. The fourth-order valence-corrected chi connectivity index (χ4v) is 2.25. The Labute approximate surface area is 93.0 Å². The minimum Gasteiger partial charge on any atom is -0.341 e. The lowest BCUT2D eigenvalue weighted by molar-refractivity contribution is -0.134. The highest BCUT2D eigenvalue weighted by molar-refractivity contribution is 5.81. The summed E-state index contributed by atoms with van der Waals surface area (Å²) < 4.78 is 0. The SMILES string of the molecule is CC[C@@H](N)C(=O)N(C)C1CCC(C)CC1. The summed E-state index contributed by atoms with van der Waals surface area (Å²) in [4.78, 5) is 13.7. The van der Waals surface area contributed by atoms with Gasteiger partial charge in [-0.15, -0.1) is 0 Å². The van der Waals surface area contributed by atoms with Gasteiger partial charge in [-0.2, -0.15) is 0 Å². The number of amides is 1. The van der Waals surface area contributed by atoms with Crippen molar-refractivity contribution in [1.29, 1.82) is 0 Å². The molecule has 0 aromatic rings. The Morgan fingerprint density at radius 1 is 1.40 bits per heavy atom. The molecule has 0 aromatic heterocycles. The Morgan fingerprint density at radius 2 is 1.93 bits per heavy atom. The van der Waals surface area contributed by atoms with Crippen LogP contribution in [-0.4, -0.2) is 29.9 Å². The normalized spacial score (nSPS) is 28.5. The van der Waals surface area contributed by atoms with Crippen LogP contribution in [-0.2, 0) is 4.79 Å². The van der Waals surface area contributed by atoms with Crippen LogP contribution in [0.1, 0.15) is 46.0 Å². The molecule has 0 unspecified atom stereocenters. The van der Waals surface area contributed by atoms with E-state index in [1.807, 2.05) is 18.9 Å². The van der Waals surface area contributed by atoms with E-state index >= 15 is 0 Å². The van der Waals surface area contributed by atoms with Gasteiger partial charge in [0.05, 0.1) is 6.04 Å². The maximum atomic E-state index is 11.9. The van der Waals surface area contributed by atoms with Gasteiger partial charge >= 0.3 is 0 Å². The van der Waals surface area contributed by atoms with Crippen LogP contribution in [0.3, 0.4) is 0 Å². The summed E-state index contributed by atoms with van der Waals surface area (Å²) in [6.45, 7) is 4.25. The van der Waals surface area contributed by atoms with Crippen molar-refractivity contribution in [1.82, 2.24) is 4.90 Å². The van der Waals surface area contributed by atoms with Crippen molar-refractivity contribution in [2.45, 2.75) is 58.0 Å². The van der Waals surface area contributed by atoms with Crippen LogP contribution in [0.2, 0.25) is 0 Å². The zero-order chi connectivity index (χ0) is 11.4. The molecule has 0 aliphatic heterocycles. The summed E-state index contributed by atoms with van der Waals surface area (Å²) >= 11 is 0. The van der Waals surface area contributed by atoms with Gasteiger partial charge in [0.2, 0.25) is 5.91 Å². The number of hydrogen-bond acceptors (Lipinski definition) is 2. The minimum absolute atomic E-state index is 0.108. The molecular weight excluding hydrogens is 188 g/mol. The molecule has 0 heterocycles. The van der Waals surface area contributed by atoms with E-state index in [-0.39, 0.29) is 11.9 Å². The molecule has 3 heteroatoms. The molecule has 1 aliphatic rings. The molecule has 1 atom stereocenters. The number of hydrogen-bond donors (Lipinski definition) is 1. The number of likely N-dealkylation sites (N-methyl/N-ethyl adjacent to an activating group) is 1. The lowest BCUT2D eigenvalue weighted by Gasteiger charge is -2.34. The number of nitrogens with two attached hydrogens (primary N) is 1. The number of carbonyl (C=O) groups is 1. The van der Waals surface area contributed by atoms with Crippen LogP contribution in [0.4, 0.5) is 0 Å². The molecule has 0 spiro atoms. The minimum atomic E-state index is -0.311. The van der Waals surface area contributed by atoms with Crippen molar-refractivity contribution >= 4 is 5.91 Å². The van der Waals surface area contributed by atoms with E-state index in [4.69, 9.17) is 5.73 Å². The van der Waals surface area contributed by atoms with Crippen molar-refractivity contribution in [3.05, 3.63) is 0 Å². The van der Waals surface area contributed by atoms with Gasteiger partial charge < -0.3 is 10.6 Å². The zero-order valence-electron chi connectivity index (χ0n) is 10.2. The molecule has 0 bridgehead atoms. The van der Waals surface area contributed by atoms with Gasteiger partial charge in [0.15, 0.2) is 0 Å². The molecule has 3 nitrogen and oxygen atoms in total. The molecule has 1 rings (SSSR count). The van der Waals surface area contributed by atoms with Crippen molar-refractivity contribution in [3.63, 3.8) is 0 Å². The molecule has 1 amide bonds. The molecule has 2 N–H and O–H groups in total. The summed E-state index contributed by atoms with van der Waals surface area (Å²) in [5, 5.41) is 0. The standard InChI is InChI=1S/C12H24N2O/c1-4-11(13)12(15)14(3)10-7-5-9(2)6-8-10/h9-11H,4-8,13H2,1-3H3/t9?,10?,11-/m1/s1. The van der Waals surface area contributed by atoms with Crippen molar-refractivity contribution < 1.29 is 4.79 Å². The smallest absolute Gasteiger partial charge is 0.239 e. The molecule has 1 aliphatic carbocycles. The Bertz CT molecular complexity index is 210. The lowest BCUT2D eigenvalue weighted by atomic mass is 9.86. The van der Waals surface area contributed by atoms with Gasteiger partial charge in [0.1, 0.15) is 0 Å². The summed E-state index contributed by atoms with van der Waals surface area (Å²) in [6.07, 6.45) is 5.49. The van der Waals surface area contributed by atoms with E-state index in [0.29, 0.717) is 6.04 Å². The maximum Gasteiger partial charge on any atom is 0.239 e. The largest absolute Gasteiger partial charge is 0.341 e. The lowest BCUT2D eigenvalue weighted by Crippen LogP contribution is -2.47. The van der Waals surface area contributed by atoms with Gasteiger partial charge in [-0.3, -0.25) is 4.79 Å². The monoisotopic (exact) mass is 212 g/mol. The summed E-state index contributed by atoms with van der Waals surface area (Å²) in [6, 6.07) is 0.112. The first kappa shape index (κ1) is 12.5. The summed E-state index contributed by atoms with van der Waals surface area (Å²) in [5.41, 5.74) is 5.76. The summed E-state index contributed by atoms with van der Waals surface area (Å²) in [7, 11) is 1.90. The van der Waals surface area contributed by atoms with Crippen molar-refractivity contribution in [3.8, 4) is 0 Å². The van der Waals surface area contributed by atoms with E-state index in [9.17, 15) is 4.79 Å². The third kappa shape index (κ3) is 3.20. The number of nitrogens with zero attached hydrogens (tertiary/aromatic N) is 1. The zero-order valence-corrected chi connectivity index (χ0v) is 10.2. The number of rotatable bonds is 3. The molecule has 88 valence electrons. The van der Waals surface area contributed by atoms with Crippen LogP contribution >= 0.6 is 0 Å². The number of carbonyl (C=O) groups excluding carboxylic acids is 1. The Balaban J connectivity index is 2.46. The Hall–Kier alpha value is -0.570. The van der Waals surface area contributed by atoms with Gasteiger partial charge in [-0.25, -0.2) is 0 Å². The fourth-order valence-electron chi connectivity index (χ4n) is 2.25. The molecule has 0 aromatic carbocycles. The summed E-state index contributed by atoms with van der Waals surface area (Å²) in [5.74, 6) is 0.932. The van der Waals surface area contributed by atoms with Crippen molar-refractivity contribution in [2.24, 2.45) is 11.7 Å². The Kier molecular flexibility index (Phi) is 4.58. The Morgan fingerprint density at radius 3 is 2.40 bits per heavy atom. The highest BCUT2D eigenvalue weighted by Crippen LogP contribution is 2.26. The van der Waals surface area contributed by atoms with Gasteiger partial charge in [-0.05, 0) is 38.0 Å². The fraction of sp³-hybridized carbons (Fsp3) is 0.917. The predicted octanol–water partition coefficient (Wildman–Crippen LogP) is 1.76. The molecular formula is C12H24N2O. The molecule has 1 fully saturated rings. The van der Waals surface area contributed by atoms with E-state index in [1.165, 1.54) is 12.8 Å². The second-order valence-corrected chi connectivity index (χ2v) is 4.88. The molecule has 1 saturated carbocycles. The van der Waals surface area contributed by atoms with Gasteiger partial charge in [-0.1, -0.05) is 13.8 Å². The van der Waals surface area contributed by atoms with E-state index in [2.05, 4.69) is 6.92 Å². The van der Waals surface area contributed by atoms with Gasteiger partial charge in [0, 0.05) is 13.1 Å². The van der Waals surface area contributed by atoms with E-state index < -0.39 is 0 Å². The van der Waals surface area contributed by atoms with E-state index in [0.717, 1.165) is 25.2 Å². The first-order valence-corrected chi connectivity index (χ1v) is 6.08. The molecule has 15 heavy (non-hydrogen) atoms. The maximum absolute atomic E-state index is 11.9. The second-order valence-electron chi connectivity index (χ2n) is 4.88. The average Bonchev–Trinajstić information content (AvgIpc) is 2.27. The quantitative estimate of drug-likeness (QED) is 0.775. The average molecular weight is 212 g/mol. The third-order valence-corrected chi connectivity index (χ3v) is 3.64. The third-order valence-electron chi connectivity index (χ3n) is 3.64. The van der Waals surface area contributed by atoms with Crippen LogP contribution in [0.15, 0.2) is 0 Å². The molecule has 0 radical (unpaired) electrons. The van der Waals surface area contributed by atoms with E-state index in [1.54, 1.807) is 0 Å². The second kappa shape index (κ2) is 5.50. The van der Waals surface area contributed by atoms with Crippen LogP contribution in [0.25, 0.3) is 0 Å². The highest BCUT2D eigenvalue weighted by atomic mass is 16.2.